The molecule has 0 saturated carbocycles. The van der Waals surface area contributed by atoms with Crippen LogP contribution in [0.25, 0.3) is 10.9 Å². The molecule has 1 amide bonds. The summed E-state index contributed by atoms with van der Waals surface area (Å²) < 4.78 is 7.46. The Labute approximate surface area is 176 Å². The molecule has 8 heteroatoms. The van der Waals surface area contributed by atoms with Crippen LogP contribution in [0.15, 0.2) is 56.8 Å². The van der Waals surface area contributed by atoms with Gasteiger partial charge in [-0.1, -0.05) is 41.9 Å². The third kappa shape index (κ3) is 4.89. The number of hydrogen-bond acceptors (Lipinski definition) is 5. The predicted molar refractivity (Wildman–Crippen MR) is 117 cm³/mol. The highest BCUT2D eigenvalue weighted by Gasteiger charge is 2.15. The molecule has 0 fully saturated rings. The highest BCUT2D eigenvalue weighted by atomic mass is 79.9. The van der Waals surface area contributed by atoms with Gasteiger partial charge in [0.05, 0.1) is 17.1 Å². The van der Waals surface area contributed by atoms with E-state index >= 15 is 0 Å². The van der Waals surface area contributed by atoms with Crippen molar-refractivity contribution < 1.29 is 9.53 Å². The van der Waals surface area contributed by atoms with Gasteiger partial charge in [0.1, 0.15) is 11.6 Å². The SMILES string of the molecule is CC[C@H](C)c1nc2ccc(Br)cc2c(=O)n1N=Cc1cccc(OCC(N)=O)c1. The summed E-state index contributed by atoms with van der Waals surface area (Å²) in [5.74, 6) is 0.591. The van der Waals surface area contributed by atoms with Crippen molar-refractivity contribution in [1.82, 2.24) is 9.66 Å². The van der Waals surface area contributed by atoms with E-state index in [4.69, 9.17) is 10.5 Å². The number of ether oxygens (including phenoxy) is 1. The van der Waals surface area contributed by atoms with Crippen molar-refractivity contribution in [3.05, 3.63) is 68.7 Å². The number of aromatic nitrogens is 2. The lowest BCUT2D eigenvalue weighted by Crippen LogP contribution is -2.23. The molecule has 7 nitrogen and oxygen atoms in total. The Hall–Kier alpha value is -3.00. The molecular formula is C21H21BrN4O3. The summed E-state index contributed by atoms with van der Waals surface area (Å²) in [5.41, 5.74) is 6.22. The second-order valence-corrected chi connectivity index (χ2v) is 7.55. The van der Waals surface area contributed by atoms with E-state index in [1.165, 1.54) is 4.68 Å². The first kappa shape index (κ1) is 20.7. The van der Waals surface area contributed by atoms with Gasteiger partial charge in [-0.05, 0) is 42.3 Å². The Balaban J connectivity index is 2.04. The first-order chi connectivity index (χ1) is 13.9. The second-order valence-electron chi connectivity index (χ2n) is 6.63. The van der Waals surface area contributed by atoms with E-state index in [-0.39, 0.29) is 18.1 Å². The van der Waals surface area contributed by atoms with Crippen LogP contribution in [0.5, 0.6) is 5.75 Å². The zero-order chi connectivity index (χ0) is 21.0. The Morgan fingerprint density at radius 2 is 2.14 bits per heavy atom. The summed E-state index contributed by atoms with van der Waals surface area (Å²) in [6, 6.07) is 12.4. The zero-order valence-corrected chi connectivity index (χ0v) is 17.7. The number of halogens is 1. The Bertz CT molecular complexity index is 1140. The van der Waals surface area contributed by atoms with Gasteiger partial charge in [-0.15, -0.1) is 0 Å². The van der Waals surface area contributed by atoms with Crippen molar-refractivity contribution in [3.8, 4) is 5.75 Å². The van der Waals surface area contributed by atoms with Gasteiger partial charge in [-0.25, -0.2) is 4.98 Å². The number of amides is 1. The minimum Gasteiger partial charge on any atom is -0.484 e. The smallest absolute Gasteiger partial charge is 0.282 e. The molecule has 0 saturated heterocycles. The summed E-state index contributed by atoms with van der Waals surface area (Å²) >= 11 is 3.40. The second kappa shape index (κ2) is 9.00. The molecule has 1 atom stereocenters. The quantitative estimate of drug-likeness (QED) is 0.550. The van der Waals surface area contributed by atoms with Gasteiger partial charge in [0.15, 0.2) is 6.61 Å². The number of benzene rings is 2. The monoisotopic (exact) mass is 456 g/mol. The molecular weight excluding hydrogens is 436 g/mol. The number of fused-ring (bicyclic) bond motifs is 1. The third-order valence-electron chi connectivity index (χ3n) is 4.45. The maximum atomic E-state index is 13.1. The van der Waals surface area contributed by atoms with E-state index in [1.54, 1.807) is 30.5 Å². The molecule has 0 aliphatic heterocycles. The minimum absolute atomic E-state index is 0.0538. The number of primary amides is 1. The molecule has 1 aromatic heterocycles. The van der Waals surface area contributed by atoms with E-state index in [9.17, 15) is 9.59 Å². The summed E-state index contributed by atoms with van der Waals surface area (Å²) in [4.78, 5) is 28.7. The first-order valence-corrected chi connectivity index (χ1v) is 9.96. The normalized spacial score (nSPS) is 12.4. The van der Waals surface area contributed by atoms with Gasteiger partial charge in [0.2, 0.25) is 0 Å². The number of hydrogen-bond donors (Lipinski definition) is 1. The van der Waals surface area contributed by atoms with E-state index in [0.717, 1.165) is 10.9 Å². The largest absolute Gasteiger partial charge is 0.484 e. The Kier molecular flexibility index (Phi) is 6.43. The van der Waals surface area contributed by atoms with Crippen LogP contribution in [0, 0.1) is 0 Å². The Morgan fingerprint density at radius 3 is 2.86 bits per heavy atom. The van der Waals surface area contributed by atoms with Crippen LogP contribution >= 0.6 is 15.9 Å². The summed E-state index contributed by atoms with van der Waals surface area (Å²) in [5, 5.41) is 4.90. The van der Waals surface area contributed by atoms with E-state index < -0.39 is 5.91 Å². The van der Waals surface area contributed by atoms with Crippen molar-refractivity contribution in [2.75, 3.05) is 6.61 Å². The van der Waals surface area contributed by atoms with Crippen LogP contribution in [-0.2, 0) is 4.79 Å². The van der Waals surface area contributed by atoms with Crippen LogP contribution in [0.4, 0.5) is 0 Å². The zero-order valence-electron chi connectivity index (χ0n) is 16.1. The average Bonchev–Trinajstić information content (AvgIpc) is 2.71. The molecule has 3 rings (SSSR count). The van der Waals surface area contributed by atoms with Crippen molar-refractivity contribution >= 4 is 39.0 Å². The third-order valence-corrected chi connectivity index (χ3v) is 4.94. The molecule has 2 N–H and O–H groups in total. The van der Waals surface area contributed by atoms with Gasteiger partial charge in [-0.2, -0.15) is 9.78 Å². The number of nitrogens with zero attached hydrogens (tertiary/aromatic N) is 3. The molecule has 0 spiro atoms. The van der Waals surface area contributed by atoms with Gasteiger partial charge in [-0.3, -0.25) is 9.59 Å². The van der Waals surface area contributed by atoms with E-state index in [1.807, 2.05) is 32.0 Å². The minimum atomic E-state index is -0.554. The van der Waals surface area contributed by atoms with Crippen molar-refractivity contribution in [1.29, 1.82) is 0 Å². The van der Waals surface area contributed by atoms with Gasteiger partial charge < -0.3 is 10.5 Å². The molecule has 0 aliphatic carbocycles. The van der Waals surface area contributed by atoms with Crippen LogP contribution < -0.4 is 16.0 Å². The number of carbonyl (C=O) groups excluding carboxylic acids is 1. The van der Waals surface area contributed by atoms with Gasteiger partial charge >= 0.3 is 0 Å². The standard InChI is InChI=1S/C21H21BrN4O3/c1-3-13(2)20-25-18-8-7-15(22)10-17(18)21(28)26(20)24-11-14-5-4-6-16(9-14)29-12-19(23)27/h4-11,13H,3,12H2,1-2H3,(H2,23,27)/t13-/m0/s1. The van der Waals surface area contributed by atoms with Crippen LogP contribution in [0.2, 0.25) is 0 Å². The van der Waals surface area contributed by atoms with Crippen LogP contribution in [0.1, 0.15) is 37.6 Å². The molecule has 0 unspecified atom stereocenters. The molecule has 3 aromatic rings. The molecule has 150 valence electrons. The van der Waals surface area contributed by atoms with Crippen LogP contribution in [0.3, 0.4) is 0 Å². The lowest BCUT2D eigenvalue weighted by Gasteiger charge is -2.14. The molecule has 0 radical (unpaired) electrons. The summed E-state index contributed by atoms with van der Waals surface area (Å²) in [6.07, 6.45) is 2.39. The predicted octanol–water partition coefficient (Wildman–Crippen LogP) is 3.42. The molecule has 29 heavy (non-hydrogen) atoms. The van der Waals surface area contributed by atoms with Crippen molar-refractivity contribution in [2.45, 2.75) is 26.2 Å². The van der Waals surface area contributed by atoms with Gasteiger partial charge in [0, 0.05) is 10.4 Å². The fourth-order valence-electron chi connectivity index (χ4n) is 2.74. The fourth-order valence-corrected chi connectivity index (χ4v) is 3.10. The highest BCUT2D eigenvalue weighted by Crippen LogP contribution is 2.21. The first-order valence-electron chi connectivity index (χ1n) is 9.16. The number of carbonyl (C=O) groups is 1. The number of nitrogens with two attached hydrogens (primary N) is 1. The van der Waals surface area contributed by atoms with Gasteiger partial charge in [0.25, 0.3) is 11.5 Å². The van der Waals surface area contributed by atoms with E-state index in [2.05, 4.69) is 26.0 Å². The Morgan fingerprint density at radius 1 is 1.34 bits per heavy atom. The highest BCUT2D eigenvalue weighted by molar-refractivity contribution is 9.10. The fraction of sp³-hybridized carbons (Fsp3) is 0.238. The molecule has 2 aromatic carbocycles. The average molecular weight is 457 g/mol. The lowest BCUT2D eigenvalue weighted by atomic mass is 10.1. The lowest BCUT2D eigenvalue weighted by molar-refractivity contribution is -0.119. The number of rotatable bonds is 7. The van der Waals surface area contributed by atoms with Crippen LogP contribution in [-0.4, -0.2) is 28.4 Å². The van der Waals surface area contributed by atoms with E-state index in [0.29, 0.717) is 28.0 Å². The topological polar surface area (TPSA) is 99.6 Å². The summed E-state index contributed by atoms with van der Waals surface area (Å²) in [7, 11) is 0. The maximum Gasteiger partial charge on any atom is 0.282 e. The molecule has 1 heterocycles. The summed E-state index contributed by atoms with van der Waals surface area (Å²) in [6.45, 7) is 3.84. The van der Waals surface area contributed by atoms with Crippen molar-refractivity contribution in [2.24, 2.45) is 10.8 Å². The molecule has 0 bridgehead atoms. The molecule has 0 aliphatic rings. The maximum absolute atomic E-state index is 13.1. The van der Waals surface area contributed by atoms with Crippen molar-refractivity contribution in [3.63, 3.8) is 0 Å².